The molecule has 1 aliphatic heterocycles. The second-order valence-corrected chi connectivity index (χ2v) is 4.79. The lowest BCUT2D eigenvalue weighted by molar-refractivity contribution is -0.143. The molecule has 2 rings (SSSR count). The number of carboxylic acid groups (broad SMARTS) is 1. The summed E-state index contributed by atoms with van der Waals surface area (Å²) in [6.45, 7) is 0.847. The van der Waals surface area contributed by atoms with Crippen LogP contribution in [-0.2, 0) is 14.4 Å². The van der Waals surface area contributed by atoms with Crippen LogP contribution in [0.3, 0.4) is 0 Å². The standard InChI is InChI=1S/C14H17N3O4/c18-12(16-10-4-2-1-3-5-10)9-17-7-6-15-14(21)11(17)8-13(19)20/h1-5,11H,6-9H2,(H,15,21)(H,16,18)(H,19,20). The summed E-state index contributed by atoms with van der Waals surface area (Å²) < 4.78 is 0. The van der Waals surface area contributed by atoms with Crippen LogP contribution in [0.15, 0.2) is 30.3 Å². The minimum atomic E-state index is -1.06. The smallest absolute Gasteiger partial charge is 0.305 e. The van der Waals surface area contributed by atoms with E-state index in [9.17, 15) is 14.4 Å². The van der Waals surface area contributed by atoms with Crippen LogP contribution < -0.4 is 10.6 Å². The molecule has 1 atom stereocenters. The Balaban J connectivity index is 1.97. The number of carbonyl (C=O) groups is 3. The van der Waals surface area contributed by atoms with Crippen molar-refractivity contribution in [1.29, 1.82) is 0 Å². The number of nitrogens with zero attached hydrogens (tertiary/aromatic N) is 1. The molecule has 2 amide bonds. The third-order valence-corrected chi connectivity index (χ3v) is 3.21. The number of nitrogens with one attached hydrogen (secondary N) is 2. The van der Waals surface area contributed by atoms with E-state index >= 15 is 0 Å². The Morgan fingerprint density at radius 1 is 1.33 bits per heavy atom. The van der Waals surface area contributed by atoms with E-state index < -0.39 is 12.0 Å². The van der Waals surface area contributed by atoms with Gasteiger partial charge >= 0.3 is 5.97 Å². The number of hydrogen-bond acceptors (Lipinski definition) is 4. The Morgan fingerprint density at radius 3 is 2.71 bits per heavy atom. The quantitative estimate of drug-likeness (QED) is 0.703. The second kappa shape index (κ2) is 6.85. The van der Waals surface area contributed by atoms with Crippen LogP contribution in [0.4, 0.5) is 5.69 Å². The minimum absolute atomic E-state index is 0.0136. The van der Waals surface area contributed by atoms with Crippen molar-refractivity contribution in [2.45, 2.75) is 12.5 Å². The molecule has 1 aromatic carbocycles. The zero-order chi connectivity index (χ0) is 15.2. The lowest BCUT2D eigenvalue weighted by atomic mass is 10.1. The molecule has 3 N–H and O–H groups in total. The molecule has 0 aromatic heterocycles. The summed E-state index contributed by atoms with van der Waals surface area (Å²) in [5, 5.41) is 14.2. The van der Waals surface area contributed by atoms with Gasteiger partial charge in [0, 0.05) is 18.8 Å². The monoisotopic (exact) mass is 291 g/mol. The summed E-state index contributed by atoms with van der Waals surface area (Å²) in [5.74, 6) is -1.69. The molecule has 1 fully saturated rings. The lowest BCUT2D eigenvalue weighted by Gasteiger charge is -2.33. The highest BCUT2D eigenvalue weighted by molar-refractivity contribution is 5.93. The van der Waals surface area contributed by atoms with Crippen LogP contribution in [0.25, 0.3) is 0 Å². The van der Waals surface area contributed by atoms with Crippen molar-refractivity contribution in [2.75, 3.05) is 25.0 Å². The molecule has 0 saturated carbocycles. The van der Waals surface area contributed by atoms with Gasteiger partial charge in [0.05, 0.1) is 13.0 Å². The zero-order valence-electron chi connectivity index (χ0n) is 11.4. The molecule has 1 aliphatic rings. The van der Waals surface area contributed by atoms with E-state index in [1.807, 2.05) is 6.07 Å². The summed E-state index contributed by atoms with van der Waals surface area (Å²) in [4.78, 5) is 36.1. The fraction of sp³-hybridized carbons (Fsp3) is 0.357. The molecule has 0 spiro atoms. The van der Waals surface area contributed by atoms with Gasteiger partial charge in [-0.3, -0.25) is 19.3 Å². The molecular formula is C14H17N3O4. The third-order valence-electron chi connectivity index (χ3n) is 3.21. The summed E-state index contributed by atoms with van der Waals surface area (Å²) in [6.07, 6.45) is -0.315. The van der Waals surface area contributed by atoms with Crippen LogP contribution in [0.5, 0.6) is 0 Å². The van der Waals surface area contributed by atoms with Gasteiger partial charge in [-0.2, -0.15) is 0 Å². The molecule has 1 heterocycles. The molecule has 1 saturated heterocycles. The molecule has 112 valence electrons. The highest BCUT2D eigenvalue weighted by Crippen LogP contribution is 2.10. The van der Waals surface area contributed by atoms with Gasteiger partial charge in [0.2, 0.25) is 11.8 Å². The fourth-order valence-electron chi connectivity index (χ4n) is 2.25. The van der Waals surface area contributed by atoms with Gasteiger partial charge in [-0.25, -0.2) is 0 Å². The van der Waals surface area contributed by atoms with Crippen LogP contribution >= 0.6 is 0 Å². The number of rotatable bonds is 5. The Bertz CT molecular complexity index is 532. The van der Waals surface area contributed by atoms with Crippen LogP contribution in [0.2, 0.25) is 0 Å². The summed E-state index contributed by atoms with van der Waals surface area (Å²) in [7, 11) is 0. The first-order chi connectivity index (χ1) is 10.1. The molecule has 7 nitrogen and oxygen atoms in total. The molecule has 0 aliphatic carbocycles. The number of anilines is 1. The van der Waals surface area contributed by atoms with Gasteiger partial charge in [-0.1, -0.05) is 18.2 Å². The van der Waals surface area contributed by atoms with Crippen molar-refractivity contribution in [1.82, 2.24) is 10.2 Å². The molecular weight excluding hydrogens is 274 g/mol. The number of piperazine rings is 1. The van der Waals surface area contributed by atoms with Crippen molar-refractivity contribution < 1.29 is 19.5 Å². The van der Waals surface area contributed by atoms with Gasteiger partial charge in [0.25, 0.3) is 0 Å². The average Bonchev–Trinajstić information content (AvgIpc) is 2.43. The third kappa shape index (κ3) is 4.28. The molecule has 0 bridgehead atoms. The first-order valence-corrected chi connectivity index (χ1v) is 6.64. The van der Waals surface area contributed by atoms with E-state index in [0.29, 0.717) is 18.8 Å². The highest BCUT2D eigenvalue weighted by Gasteiger charge is 2.32. The molecule has 1 unspecified atom stereocenters. The van der Waals surface area contributed by atoms with Gasteiger partial charge < -0.3 is 15.7 Å². The molecule has 1 aromatic rings. The summed E-state index contributed by atoms with van der Waals surface area (Å²) in [5.41, 5.74) is 0.666. The maximum absolute atomic E-state index is 12.0. The fourth-order valence-corrected chi connectivity index (χ4v) is 2.25. The normalized spacial score (nSPS) is 18.9. The molecule has 7 heteroatoms. The Labute approximate surface area is 121 Å². The number of carboxylic acids is 1. The topological polar surface area (TPSA) is 98.7 Å². The van der Waals surface area contributed by atoms with E-state index in [4.69, 9.17) is 5.11 Å². The van der Waals surface area contributed by atoms with Gasteiger partial charge in [-0.15, -0.1) is 0 Å². The minimum Gasteiger partial charge on any atom is -0.481 e. The maximum atomic E-state index is 12.0. The van der Waals surface area contributed by atoms with Crippen molar-refractivity contribution in [2.24, 2.45) is 0 Å². The Morgan fingerprint density at radius 2 is 2.05 bits per heavy atom. The van der Waals surface area contributed by atoms with E-state index in [-0.39, 0.29) is 24.8 Å². The second-order valence-electron chi connectivity index (χ2n) is 4.79. The number of para-hydroxylation sites is 1. The SMILES string of the molecule is O=C(O)CC1C(=O)NCCN1CC(=O)Nc1ccccc1. The lowest BCUT2D eigenvalue weighted by Crippen LogP contribution is -2.57. The number of hydrogen-bond donors (Lipinski definition) is 3. The van der Waals surface area contributed by atoms with Crippen LogP contribution in [0.1, 0.15) is 6.42 Å². The van der Waals surface area contributed by atoms with E-state index in [1.165, 1.54) is 0 Å². The largest absolute Gasteiger partial charge is 0.481 e. The van der Waals surface area contributed by atoms with Crippen LogP contribution in [-0.4, -0.2) is 53.5 Å². The Kier molecular flexibility index (Phi) is 4.89. The van der Waals surface area contributed by atoms with E-state index in [2.05, 4.69) is 10.6 Å². The van der Waals surface area contributed by atoms with Crippen LogP contribution in [0, 0.1) is 0 Å². The predicted octanol–water partition coefficient (Wildman–Crippen LogP) is -0.0998. The number of carbonyl (C=O) groups excluding carboxylic acids is 2. The predicted molar refractivity (Wildman–Crippen MR) is 75.7 cm³/mol. The summed E-state index contributed by atoms with van der Waals surface area (Å²) in [6, 6.07) is 8.16. The number of aliphatic carboxylic acids is 1. The summed E-state index contributed by atoms with van der Waals surface area (Å²) >= 11 is 0. The van der Waals surface area contributed by atoms with Gasteiger partial charge in [0.1, 0.15) is 6.04 Å². The zero-order valence-corrected chi connectivity index (χ0v) is 11.4. The van der Waals surface area contributed by atoms with Crippen molar-refractivity contribution >= 4 is 23.5 Å². The first-order valence-electron chi connectivity index (χ1n) is 6.64. The highest BCUT2D eigenvalue weighted by atomic mass is 16.4. The molecule has 21 heavy (non-hydrogen) atoms. The molecule has 0 radical (unpaired) electrons. The number of amides is 2. The van der Waals surface area contributed by atoms with Gasteiger partial charge in [-0.05, 0) is 12.1 Å². The number of benzene rings is 1. The maximum Gasteiger partial charge on any atom is 0.305 e. The van der Waals surface area contributed by atoms with Crippen molar-refractivity contribution in [3.05, 3.63) is 30.3 Å². The Hall–Kier alpha value is -2.41. The first kappa shape index (κ1) is 15.0. The van der Waals surface area contributed by atoms with E-state index in [1.54, 1.807) is 29.2 Å². The average molecular weight is 291 g/mol. The van der Waals surface area contributed by atoms with Gasteiger partial charge in [0.15, 0.2) is 0 Å². The van der Waals surface area contributed by atoms with Crippen molar-refractivity contribution in [3.8, 4) is 0 Å². The van der Waals surface area contributed by atoms with Crippen molar-refractivity contribution in [3.63, 3.8) is 0 Å². The van der Waals surface area contributed by atoms with E-state index in [0.717, 1.165) is 0 Å².